The molecule has 1 fully saturated rings. The molecular weight excluding hydrogens is 204 g/mol. The zero-order valence-electron chi connectivity index (χ0n) is 10.7. The van der Waals surface area contributed by atoms with Gasteiger partial charge in [-0.2, -0.15) is 4.80 Å². The maximum Gasteiger partial charge on any atom is 0.183 e. The second kappa shape index (κ2) is 3.03. The van der Waals surface area contributed by atoms with Crippen LogP contribution >= 0.6 is 0 Å². The maximum absolute atomic E-state index is 9.54. The second-order valence-corrected chi connectivity index (χ2v) is 6.37. The minimum atomic E-state index is -0.281. The summed E-state index contributed by atoms with van der Waals surface area (Å²) in [5, 5.41) is 22.1. The first kappa shape index (κ1) is 11.5. The molecular formula is C11H20N4O. The van der Waals surface area contributed by atoms with Gasteiger partial charge in [-0.25, -0.2) is 0 Å². The molecule has 1 N–H and O–H groups in total. The Labute approximate surface area is 95.9 Å². The highest BCUT2D eigenvalue weighted by Gasteiger charge is 2.64. The van der Waals surface area contributed by atoms with Gasteiger partial charge in [0.25, 0.3) is 0 Å². The molecule has 1 atom stereocenters. The Hall–Kier alpha value is -0.970. The van der Waals surface area contributed by atoms with E-state index in [1.807, 2.05) is 20.8 Å². The van der Waals surface area contributed by atoms with Crippen LogP contribution in [0.15, 0.2) is 0 Å². The molecule has 90 valence electrons. The van der Waals surface area contributed by atoms with E-state index in [0.29, 0.717) is 5.82 Å². The highest BCUT2D eigenvalue weighted by molar-refractivity contribution is 5.26. The quantitative estimate of drug-likeness (QED) is 0.816. The van der Waals surface area contributed by atoms with Crippen LogP contribution in [0.5, 0.6) is 0 Å². The topological polar surface area (TPSA) is 63.8 Å². The van der Waals surface area contributed by atoms with E-state index in [1.165, 1.54) is 0 Å². The van der Waals surface area contributed by atoms with Gasteiger partial charge in [-0.05, 0) is 37.8 Å². The van der Waals surface area contributed by atoms with E-state index < -0.39 is 0 Å². The van der Waals surface area contributed by atoms with Crippen molar-refractivity contribution in [1.29, 1.82) is 0 Å². The standard InChI is InChI=1S/C11H20N4O/c1-9(2,3)15-13-8(12-14-15)11(7-16)6-10(11,4)5/h16H,6-7H2,1-5H3. The van der Waals surface area contributed by atoms with Gasteiger partial charge in [-0.15, -0.1) is 10.2 Å². The molecule has 1 aromatic rings. The number of rotatable bonds is 2. The van der Waals surface area contributed by atoms with Crippen molar-refractivity contribution in [3.8, 4) is 0 Å². The van der Waals surface area contributed by atoms with Crippen LogP contribution in [0, 0.1) is 5.41 Å². The smallest absolute Gasteiger partial charge is 0.183 e. The van der Waals surface area contributed by atoms with Crippen LogP contribution < -0.4 is 0 Å². The Morgan fingerprint density at radius 3 is 2.25 bits per heavy atom. The second-order valence-electron chi connectivity index (χ2n) is 6.37. The third-order valence-electron chi connectivity index (χ3n) is 3.63. The van der Waals surface area contributed by atoms with Gasteiger partial charge >= 0.3 is 0 Å². The Kier molecular flexibility index (Phi) is 2.18. The average molecular weight is 224 g/mol. The highest BCUT2D eigenvalue weighted by Crippen LogP contribution is 2.62. The minimum absolute atomic E-state index is 0.0769. The molecule has 0 aromatic carbocycles. The zero-order chi connectivity index (χ0) is 12.2. The lowest BCUT2D eigenvalue weighted by molar-refractivity contribution is 0.223. The predicted molar refractivity (Wildman–Crippen MR) is 60.0 cm³/mol. The minimum Gasteiger partial charge on any atom is -0.395 e. The molecule has 2 rings (SSSR count). The van der Waals surface area contributed by atoms with E-state index in [4.69, 9.17) is 0 Å². The molecule has 1 heterocycles. The van der Waals surface area contributed by atoms with Crippen molar-refractivity contribution in [2.24, 2.45) is 5.41 Å². The first-order chi connectivity index (χ1) is 7.23. The number of aliphatic hydroxyl groups excluding tert-OH is 1. The summed E-state index contributed by atoms with van der Waals surface area (Å²) in [6, 6.07) is 0. The first-order valence-corrected chi connectivity index (χ1v) is 5.65. The fourth-order valence-corrected chi connectivity index (χ4v) is 2.12. The Morgan fingerprint density at radius 1 is 1.38 bits per heavy atom. The normalized spacial score (nSPS) is 28.1. The molecule has 0 spiro atoms. The van der Waals surface area contributed by atoms with E-state index in [9.17, 15) is 5.11 Å². The number of nitrogens with zero attached hydrogens (tertiary/aromatic N) is 4. The van der Waals surface area contributed by atoms with Crippen molar-refractivity contribution in [2.75, 3.05) is 6.61 Å². The van der Waals surface area contributed by atoms with Crippen molar-refractivity contribution in [1.82, 2.24) is 20.2 Å². The van der Waals surface area contributed by atoms with Gasteiger partial charge < -0.3 is 5.11 Å². The fourth-order valence-electron chi connectivity index (χ4n) is 2.12. The SMILES string of the molecule is CC(C)(C)n1nnc(C2(CO)CC2(C)C)n1. The van der Waals surface area contributed by atoms with Gasteiger partial charge in [0.1, 0.15) is 0 Å². The molecule has 1 aliphatic rings. The summed E-state index contributed by atoms with van der Waals surface area (Å²) in [6.45, 7) is 10.4. The third-order valence-corrected chi connectivity index (χ3v) is 3.63. The van der Waals surface area contributed by atoms with Crippen molar-refractivity contribution in [3.63, 3.8) is 0 Å². The summed E-state index contributed by atoms with van der Waals surface area (Å²) in [5.41, 5.74) is -0.370. The summed E-state index contributed by atoms with van der Waals surface area (Å²) in [6.07, 6.45) is 0.923. The summed E-state index contributed by atoms with van der Waals surface area (Å²) in [5.74, 6) is 0.676. The molecule has 0 aliphatic heterocycles. The summed E-state index contributed by atoms with van der Waals surface area (Å²) < 4.78 is 0. The van der Waals surface area contributed by atoms with Gasteiger partial charge in [0.15, 0.2) is 5.82 Å². The van der Waals surface area contributed by atoms with Crippen LogP contribution in [0.2, 0.25) is 0 Å². The number of hydrogen-bond acceptors (Lipinski definition) is 4. The molecule has 1 aliphatic carbocycles. The highest BCUT2D eigenvalue weighted by atomic mass is 16.3. The summed E-state index contributed by atoms with van der Waals surface area (Å²) in [4.78, 5) is 1.62. The lowest BCUT2D eigenvalue weighted by Gasteiger charge is -2.16. The van der Waals surface area contributed by atoms with E-state index in [2.05, 4.69) is 29.3 Å². The number of hydrogen-bond donors (Lipinski definition) is 1. The predicted octanol–water partition coefficient (Wildman–Crippen LogP) is 1.09. The Bertz CT molecular complexity index is 404. The van der Waals surface area contributed by atoms with Crippen LogP contribution in [0.25, 0.3) is 0 Å². The number of aromatic nitrogens is 4. The van der Waals surface area contributed by atoms with Crippen LogP contribution in [-0.4, -0.2) is 31.9 Å². The van der Waals surface area contributed by atoms with Crippen molar-refractivity contribution in [3.05, 3.63) is 5.82 Å². The van der Waals surface area contributed by atoms with Crippen LogP contribution in [0.3, 0.4) is 0 Å². The molecule has 1 unspecified atom stereocenters. The fraction of sp³-hybridized carbons (Fsp3) is 0.909. The van der Waals surface area contributed by atoms with E-state index >= 15 is 0 Å². The monoisotopic (exact) mass is 224 g/mol. The first-order valence-electron chi connectivity index (χ1n) is 5.65. The van der Waals surface area contributed by atoms with Gasteiger partial charge in [-0.1, -0.05) is 13.8 Å². The molecule has 5 nitrogen and oxygen atoms in total. The van der Waals surface area contributed by atoms with Crippen molar-refractivity contribution < 1.29 is 5.11 Å². The molecule has 16 heavy (non-hydrogen) atoms. The molecule has 0 radical (unpaired) electrons. The van der Waals surface area contributed by atoms with Crippen LogP contribution in [-0.2, 0) is 11.0 Å². The largest absolute Gasteiger partial charge is 0.395 e. The number of aliphatic hydroxyl groups is 1. The van der Waals surface area contributed by atoms with E-state index in [0.717, 1.165) is 6.42 Å². The van der Waals surface area contributed by atoms with Crippen molar-refractivity contribution in [2.45, 2.75) is 52.0 Å². The zero-order valence-corrected chi connectivity index (χ0v) is 10.7. The number of tetrazole rings is 1. The van der Waals surface area contributed by atoms with E-state index in [1.54, 1.807) is 4.80 Å². The van der Waals surface area contributed by atoms with Crippen molar-refractivity contribution >= 4 is 0 Å². The van der Waals surface area contributed by atoms with Gasteiger partial charge in [0.05, 0.1) is 17.6 Å². The summed E-state index contributed by atoms with van der Waals surface area (Å²) >= 11 is 0. The molecule has 0 bridgehead atoms. The molecule has 0 amide bonds. The summed E-state index contributed by atoms with van der Waals surface area (Å²) in [7, 11) is 0. The van der Waals surface area contributed by atoms with Gasteiger partial charge in [0.2, 0.25) is 0 Å². The molecule has 1 saturated carbocycles. The molecule has 1 aromatic heterocycles. The lowest BCUT2D eigenvalue weighted by Crippen LogP contribution is -2.26. The Balaban J connectivity index is 2.33. The Morgan fingerprint density at radius 2 is 1.94 bits per heavy atom. The van der Waals surface area contributed by atoms with Gasteiger partial charge in [0, 0.05) is 0 Å². The van der Waals surface area contributed by atoms with E-state index in [-0.39, 0.29) is 23.0 Å². The lowest BCUT2D eigenvalue weighted by atomic mass is 9.96. The average Bonchev–Trinajstić information content (AvgIpc) is 2.59. The third kappa shape index (κ3) is 1.45. The van der Waals surface area contributed by atoms with Gasteiger partial charge in [-0.3, -0.25) is 0 Å². The molecule has 5 heteroatoms. The molecule has 0 saturated heterocycles. The van der Waals surface area contributed by atoms with Crippen LogP contribution in [0.4, 0.5) is 0 Å². The van der Waals surface area contributed by atoms with Crippen LogP contribution in [0.1, 0.15) is 46.9 Å². The maximum atomic E-state index is 9.54.